The van der Waals surface area contributed by atoms with Crippen molar-refractivity contribution in [2.45, 2.75) is 52.7 Å². The lowest BCUT2D eigenvalue weighted by molar-refractivity contribution is 0.0138. The van der Waals surface area contributed by atoms with Crippen molar-refractivity contribution in [2.75, 3.05) is 26.2 Å². The van der Waals surface area contributed by atoms with Crippen LogP contribution in [-0.4, -0.2) is 53.5 Å². The maximum absolute atomic E-state index is 13.9. The number of benzene rings is 2. The molecule has 1 fully saturated rings. The second kappa shape index (κ2) is 10.3. The van der Waals surface area contributed by atoms with Crippen molar-refractivity contribution < 1.29 is 18.7 Å². The van der Waals surface area contributed by atoms with E-state index in [4.69, 9.17) is 4.74 Å². The SMILES string of the molecule is CCc1cc(CC(=O)c2ccccc2F)ccc1CN1CCN(C(=O)OC(C)(C)C)CC1. The number of piperazine rings is 1. The van der Waals surface area contributed by atoms with E-state index in [1.54, 1.807) is 17.0 Å². The molecular weight excluding hydrogens is 407 g/mol. The number of hydrogen-bond acceptors (Lipinski definition) is 4. The lowest BCUT2D eigenvalue weighted by Gasteiger charge is -2.35. The molecule has 0 saturated carbocycles. The van der Waals surface area contributed by atoms with Gasteiger partial charge >= 0.3 is 6.09 Å². The standard InChI is InChI=1S/C26H33FN2O3/c1-5-20-16-19(17-24(30)22-8-6-7-9-23(22)27)10-11-21(20)18-28-12-14-29(15-13-28)25(31)32-26(2,3)4/h6-11,16H,5,12-15,17-18H2,1-4H3. The van der Waals surface area contributed by atoms with Crippen LogP contribution in [-0.2, 0) is 24.1 Å². The number of carbonyl (C=O) groups is 2. The Balaban J connectivity index is 1.59. The molecule has 0 aliphatic carbocycles. The van der Waals surface area contributed by atoms with Gasteiger partial charge in [0.15, 0.2) is 5.78 Å². The van der Waals surface area contributed by atoms with E-state index in [2.05, 4.69) is 24.0 Å². The summed E-state index contributed by atoms with van der Waals surface area (Å²) >= 11 is 0. The Labute approximate surface area is 190 Å². The van der Waals surface area contributed by atoms with Crippen molar-refractivity contribution in [1.29, 1.82) is 0 Å². The summed E-state index contributed by atoms with van der Waals surface area (Å²) in [6.07, 6.45) is 0.785. The van der Waals surface area contributed by atoms with Crippen LogP contribution >= 0.6 is 0 Å². The Bertz CT molecular complexity index is 960. The van der Waals surface area contributed by atoms with Gasteiger partial charge in [-0.15, -0.1) is 0 Å². The third kappa shape index (κ3) is 6.39. The summed E-state index contributed by atoms with van der Waals surface area (Å²) in [7, 11) is 0. The van der Waals surface area contributed by atoms with E-state index >= 15 is 0 Å². The van der Waals surface area contributed by atoms with Gasteiger partial charge in [0, 0.05) is 39.1 Å². The number of amides is 1. The minimum absolute atomic E-state index is 0.137. The van der Waals surface area contributed by atoms with Gasteiger partial charge in [0.2, 0.25) is 0 Å². The highest BCUT2D eigenvalue weighted by atomic mass is 19.1. The number of Topliss-reactive ketones (excluding diaryl/α,β-unsaturated/α-hetero) is 1. The first-order valence-corrected chi connectivity index (χ1v) is 11.2. The van der Waals surface area contributed by atoms with Crippen LogP contribution in [0.15, 0.2) is 42.5 Å². The van der Waals surface area contributed by atoms with Gasteiger partial charge in [0.1, 0.15) is 11.4 Å². The van der Waals surface area contributed by atoms with Crippen molar-refractivity contribution in [3.8, 4) is 0 Å². The highest BCUT2D eigenvalue weighted by Crippen LogP contribution is 2.19. The first-order chi connectivity index (χ1) is 15.2. The highest BCUT2D eigenvalue weighted by molar-refractivity contribution is 5.97. The number of nitrogens with zero attached hydrogens (tertiary/aromatic N) is 2. The van der Waals surface area contributed by atoms with Crippen molar-refractivity contribution in [2.24, 2.45) is 0 Å². The summed E-state index contributed by atoms with van der Waals surface area (Å²) < 4.78 is 19.4. The minimum atomic E-state index is -0.486. The predicted octanol–water partition coefficient (Wildman–Crippen LogP) is 4.87. The highest BCUT2D eigenvalue weighted by Gasteiger charge is 2.26. The van der Waals surface area contributed by atoms with Crippen LogP contribution in [0.1, 0.15) is 54.7 Å². The molecular formula is C26H33FN2O3. The molecule has 1 heterocycles. The van der Waals surface area contributed by atoms with Crippen LogP contribution in [0.4, 0.5) is 9.18 Å². The molecule has 32 heavy (non-hydrogen) atoms. The van der Waals surface area contributed by atoms with Gasteiger partial charge in [-0.05, 0) is 56.0 Å². The summed E-state index contributed by atoms with van der Waals surface area (Å²) in [5.74, 6) is -0.688. The van der Waals surface area contributed by atoms with Crippen LogP contribution in [0.2, 0.25) is 0 Å². The quantitative estimate of drug-likeness (QED) is 0.602. The number of hydrogen-bond donors (Lipinski definition) is 0. The largest absolute Gasteiger partial charge is 0.444 e. The molecule has 0 bridgehead atoms. The third-order valence-electron chi connectivity index (χ3n) is 5.61. The molecule has 0 atom stereocenters. The van der Waals surface area contributed by atoms with Gasteiger partial charge in [-0.2, -0.15) is 0 Å². The average molecular weight is 441 g/mol. The zero-order valence-electron chi connectivity index (χ0n) is 19.5. The maximum atomic E-state index is 13.9. The second-order valence-electron chi connectivity index (χ2n) is 9.28. The normalized spacial score (nSPS) is 15.0. The minimum Gasteiger partial charge on any atom is -0.444 e. The topological polar surface area (TPSA) is 49.9 Å². The van der Waals surface area contributed by atoms with Crippen molar-refractivity contribution >= 4 is 11.9 Å². The Morgan fingerprint density at radius 3 is 2.31 bits per heavy atom. The molecule has 1 aliphatic heterocycles. The smallest absolute Gasteiger partial charge is 0.410 e. The van der Waals surface area contributed by atoms with Gasteiger partial charge in [-0.1, -0.05) is 37.3 Å². The number of ether oxygens (including phenoxy) is 1. The number of ketones is 1. The lowest BCUT2D eigenvalue weighted by Crippen LogP contribution is -2.49. The summed E-state index contributed by atoms with van der Waals surface area (Å²) in [4.78, 5) is 28.9. The summed E-state index contributed by atoms with van der Waals surface area (Å²) in [6, 6.07) is 12.2. The van der Waals surface area contributed by atoms with Gasteiger partial charge in [-0.3, -0.25) is 9.69 Å². The van der Waals surface area contributed by atoms with Crippen molar-refractivity contribution in [3.05, 3.63) is 70.5 Å². The number of aryl methyl sites for hydroxylation is 1. The van der Waals surface area contributed by atoms with E-state index in [9.17, 15) is 14.0 Å². The van der Waals surface area contributed by atoms with Crippen molar-refractivity contribution in [1.82, 2.24) is 9.80 Å². The Morgan fingerprint density at radius 1 is 1.00 bits per heavy atom. The lowest BCUT2D eigenvalue weighted by atomic mass is 9.96. The van der Waals surface area contributed by atoms with E-state index in [1.807, 2.05) is 26.8 Å². The molecule has 0 radical (unpaired) electrons. The predicted molar refractivity (Wildman–Crippen MR) is 123 cm³/mol. The average Bonchev–Trinajstić information content (AvgIpc) is 2.74. The molecule has 2 aromatic rings. The zero-order valence-corrected chi connectivity index (χ0v) is 19.5. The van der Waals surface area contributed by atoms with E-state index in [-0.39, 0.29) is 23.9 Å². The molecule has 0 aromatic heterocycles. The molecule has 6 heteroatoms. The van der Waals surface area contributed by atoms with E-state index in [0.717, 1.165) is 31.6 Å². The summed E-state index contributed by atoms with van der Waals surface area (Å²) in [6.45, 7) is 11.4. The van der Waals surface area contributed by atoms with Gasteiger partial charge in [0.25, 0.3) is 0 Å². The Kier molecular flexibility index (Phi) is 7.67. The molecule has 172 valence electrons. The van der Waals surface area contributed by atoms with Crippen LogP contribution in [0.5, 0.6) is 0 Å². The molecule has 2 aromatic carbocycles. The van der Waals surface area contributed by atoms with Crippen LogP contribution in [0.3, 0.4) is 0 Å². The molecule has 0 unspecified atom stereocenters. The van der Waals surface area contributed by atoms with E-state index in [1.165, 1.54) is 23.3 Å². The summed E-state index contributed by atoms with van der Waals surface area (Å²) in [5.41, 5.74) is 2.96. The van der Waals surface area contributed by atoms with Crippen LogP contribution in [0.25, 0.3) is 0 Å². The summed E-state index contributed by atoms with van der Waals surface area (Å²) in [5, 5.41) is 0. The zero-order chi connectivity index (χ0) is 23.3. The molecule has 3 rings (SSSR count). The number of carbonyl (C=O) groups excluding carboxylic acids is 2. The molecule has 1 amide bonds. The fourth-order valence-electron chi connectivity index (χ4n) is 3.90. The third-order valence-corrected chi connectivity index (χ3v) is 5.61. The van der Waals surface area contributed by atoms with Gasteiger partial charge in [0.05, 0.1) is 5.56 Å². The molecule has 0 N–H and O–H groups in total. The molecule has 5 nitrogen and oxygen atoms in total. The van der Waals surface area contributed by atoms with Gasteiger partial charge < -0.3 is 9.64 Å². The fourth-order valence-corrected chi connectivity index (χ4v) is 3.90. The maximum Gasteiger partial charge on any atom is 0.410 e. The molecule has 1 aliphatic rings. The number of halogens is 1. The van der Waals surface area contributed by atoms with Crippen molar-refractivity contribution in [3.63, 3.8) is 0 Å². The molecule has 1 saturated heterocycles. The number of rotatable bonds is 6. The van der Waals surface area contributed by atoms with E-state index in [0.29, 0.717) is 13.1 Å². The molecule has 0 spiro atoms. The monoisotopic (exact) mass is 440 g/mol. The first-order valence-electron chi connectivity index (χ1n) is 11.2. The first kappa shape index (κ1) is 23.9. The van der Waals surface area contributed by atoms with Gasteiger partial charge in [-0.25, -0.2) is 9.18 Å². The van der Waals surface area contributed by atoms with Crippen LogP contribution in [0, 0.1) is 5.82 Å². The second-order valence-corrected chi connectivity index (χ2v) is 9.28. The Hall–Kier alpha value is -2.73. The Morgan fingerprint density at radius 2 is 1.69 bits per heavy atom. The van der Waals surface area contributed by atoms with Crippen LogP contribution < -0.4 is 0 Å². The van der Waals surface area contributed by atoms with E-state index < -0.39 is 11.4 Å². The fraction of sp³-hybridized carbons (Fsp3) is 0.462.